The van der Waals surface area contributed by atoms with Crippen molar-refractivity contribution in [1.29, 1.82) is 0 Å². The van der Waals surface area contributed by atoms with E-state index in [1.165, 1.54) is 0 Å². The highest BCUT2D eigenvalue weighted by Gasteiger charge is 2.33. The molecule has 0 aromatic carbocycles. The van der Waals surface area contributed by atoms with Gasteiger partial charge in [0.2, 0.25) is 0 Å². The monoisotopic (exact) mass is 242 g/mol. The van der Waals surface area contributed by atoms with Crippen LogP contribution in [0.2, 0.25) is 0 Å². The second-order valence-electron chi connectivity index (χ2n) is 5.05. The molecule has 1 saturated carbocycles. The molecule has 1 aliphatic rings. The SMILES string of the molecule is CCCCC(NC(=O)NC1(C)CCC1)C(=O)O. The third kappa shape index (κ3) is 4.24. The molecular formula is C12H22N2O3. The number of nitrogens with one attached hydrogen (secondary N) is 2. The van der Waals surface area contributed by atoms with Gasteiger partial charge in [0.25, 0.3) is 0 Å². The molecule has 0 bridgehead atoms. The van der Waals surface area contributed by atoms with E-state index >= 15 is 0 Å². The molecule has 0 aromatic heterocycles. The fourth-order valence-electron chi connectivity index (χ4n) is 1.97. The summed E-state index contributed by atoms with van der Waals surface area (Å²) < 4.78 is 0. The lowest BCUT2D eigenvalue weighted by Gasteiger charge is -2.39. The van der Waals surface area contributed by atoms with Gasteiger partial charge >= 0.3 is 12.0 Å². The summed E-state index contributed by atoms with van der Waals surface area (Å²) >= 11 is 0. The minimum atomic E-state index is -0.965. The average molecular weight is 242 g/mol. The zero-order chi connectivity index (χ0) is 12.9. The maximum Gasteiger partial charge on any atom is 0.326 e. The molecule has 5 nitrogen and oxygen atoms in total. The molecule has 0 aromatic rings. The quantitative estimate of drug-likeness (QED) is 0.665. The summed E-state index contributed by atoms with van der Waals surface area (Å²) in [5.41, 5.74) is -0.141. The molecule has 3 N–H and O–H groups in total. The molecule has 1 unspecified atom stereocenters. The van der Waals surface area contributed by atoms with Crippen molar-refractivity contribution in [1.82, 2.24) is 10.6 Å². The standard InChI is InChI=1S/C12H22N2O3/c1-3-4-6-9(10(15)16)13-11(17)14-12(2)7-5-8-12/h9H,3-8H2,1-2H3,(H,15,16)(H2,13,14,17). The number of rotatable bonds is 6. The summed E-state index contributed by atoms with van der Waals surface area (Å²) in [6.45, 7) is 3.98. The third-order valence-electron chi connectivity index (χ3n) is 3.32. The normalized spacial score (nSPS) is 18.9. The van der Waals surface area contributed by atoms with Crippen LogP contribution in [0.15, 0.2) is 0 Å². The summed E-state index contributed by atoms with van der Waals surface area (Å²) in [6.07, 6.45) is 5.25. The van der Waals surface area contributed by atoms with Crippen LogP contribution in [0.1, 0.15) is 52.4 Å². The number of carboxylic acid groups (broad SMARTS) is 1. The molecule has 0 heterocycles. The molecule has 0 aliphatic heterocycles. The van der Waals surface area contributed by atoms with E-state index < -0.39 is 12.0 Å². The zero-order valence-corrected chi connectivity index (χ0v) is 10.6. The largest absolute Gasteiger partial charge is 0.480 e. The van der Waals surface area contributed by atoms with Gasteiger partial charge in [0.05, 0.1) is 0 Å². The molecule has 1 aliphatic carbocycles. The Morgan fingerprint density at radius 1 is 1.41 bits per heavy atom. The number of hydrogen-bond donors (Lipinski definition) is 3. The molecule has 2 amide bonds. The first-order valence-electron chi connectivity index (χ1n) is 6.28. The molecule has 17 heavy (non-hydrogen) atoms. The highest BCUT2D eigenvalue weighted by molar-refractivity contribution is 5.82. The van der Waals surface area contributed by atoms with Crippen molar-refractivity contribution >= 4 is 12.0 Å². The van der Waals surface area contributed by atoms with E-state index in [2.05, 4.69) is 10.6 Å². The smallest absolute Gasteiger partial charge is 0.326 e. The van der Waals surface area contributed by atoms with Crippen molar-refractivity contribution in [3.05, 3.63) is 0 Å². The Morgan fingerprint density at radius 3 is 2.47 bits per heavy atom. The fourth-order valence-corrected chi connectivity index (χ4v) is 1.97. The van der Waals surface area contributed by atoms with E-state index in [1.54, 1.807) is 0 Å². The van der Waals surface area contributed by atoms with E-state index in [9.17, 15) is 9.59 Å². The maximum atomic E-state index is 11.6. The highest BCUT2D eigenvalue weighted by Crippen LogP contribution is 2.30. The highest BCUT2D eigenvalue weighted by atomic mass is 16.4. The number of aliphatic carboxylic acids is 1. The predicted molar refractivity (Wildman–Crippen MR) is 64.9 cm³/mol. The van der Waals surface area contributed by atoms with E-state index in [1.807, 2.05) is 13.8 Å². The van der Waals surface area contributed by atoms with Crippen molar-refractivity contribution in [3.8, 4) is 0 Å². The lowest BCUT2D eigenvalue weighted by atomic mass is 9.79. The summed E-state index contributed by atoms with van der Waals surface area (Å²) in [7, 11) is 0. The summed E-state index contributed by atoms with van der Waals surface area (Å²) in [5, 5.41) is 14.3. The molecule has 1 fully saturated rings. The molecule has 1 atom stereocenters. The van der Waals surface area contributed by atoms with Crippen molar-refractivity contribution in [2.45, 2.75) is 64.0 Å². The van der Waals surface area contributed by atoms with Crippen molar-refractivity contribution in [3.63, 3.8) is 0 Å². The number of amides is 2. The summed E-state index contributed by atoms with van der Waals surface area (Å²) in [5.74, 6) is -0.965. The molecule has 0 spiro atoms. The van der Waals surface area contributed by atoms with E-state index in [-0.39, 0.29) is 11.6 Å². The van der Waals surface area contributed by atoms with Gasteiger partial charge in [-0.05, 0) is 32.6 Å². The first-order chi connectivity index (χ1) is 7.97. The van der Waals surface area contributed by atoms with Gasteiger partial charge in [-0.2, -0.15) is 0 Å². The van der Waals surface area contributed by atoms with Crippen LogP contribution in [0.5, 0.6) is 0 Å². The van der Waals surface area contributed by atoms with Gasteiger partial charge in [0.1, 0.15) is 6.04 Å². The van der Waals surface area contributed by atoms with Crippen molar-refractivity contribution in [2.24, 2.45) is 0 Å². The van der Waals surface area contributed by atoms with E-state index in [0.29, 0.717) is 6.42 Å². The average Bonchev–Trinajstić information content (AvgIpc) is 2.21. The second-order valence-corrected chi connectivity index (χ2v) is 5.05. The molecule has 1 rings (SSSR count). The van der Waals surface area contributed by atoms with Crippen LogP contribution in [-0.4, -0.2) is 28.7 Å². The van der Waals surface area contributed by atoms with Gasteiger partial charge in [0, 0.05) is 5.54 Å². The fraction of sp³-hybridized carbons (Fsp3) is 0.833. The lowest BCUT2D eigenvalue weighted by molar-refractivity contribution is -0.139. The number of hydrogen-bond acceptors (Lipinski definition) is 2. The van der Waals surface area contributed by atoms with Crippen LogP contribution in [0.4, 0.5) is 4.79 Å². The Bertz CT molecular complexity index is 287. The minimum absolute atomic E-state index is 0.141. The van der Waals surface area contributed by atoms with E-state index in [0.717, 1.165) is 32.1 Å². The third-order valence-corrected chi connectivity index (χ3v) is 3.32. The van der Waals surface area contributed by atoms with Crippen LogP contribution in [0.25, 0.3) is 0 Å². The Labute approximate surface area is 102 Å². The number of carbonyl (C=O) groups is 2. The maximum absolute atomic E-state index is 11.6. The second kappa shape index (κ2) is 5.89. The van der Waals surface area contributed by atoms with Crippen molar-refractivity contribution < 1.29 is 14.7 Å². The first kappa shape index (κ1) is 13.8. The molecule has 98 valence electrons. The Balaban J connectivity index is 2.37. The van der Waals surface area contributed by atoms with Gasteiger partial charge < -0.3 is 15.7 Å². The van der Waals surface area contributed by atoms with Gasteiger partial charge in [0.15, 0.2) is 0 Å². The molecule has 0 radical (unpaired) electrons. The van der Waals surface area contributed by atoms with Crippen LogP contribution >= 0.6 is 0 Å². The number of unbranched alkanes of at least 4 members (excludes halogenated alkanes) is 1. The number of urea groups is 1. The van der Waals surface area contributed by atoms with Crippen LogP contribution < -0.4 is 10.6 Å². The van der Waals surface area contributed by atoms with Gasteiger partial charge in [-0.1, -0.05) is 19.8 Å². The molecular weight excluding hydrogens is 220 g/mol. The van der Waals surface area contributed by atoms with Crippen LogP contribution in [-0.2, 0) is 4.79 Å². The number of carbonyl (C=O) groups excluding carboxylic acids is 1. The zero-order valence-electron chi connectivity index (χ0n) is 10.6. The number of carboxylic acids is 1. The first-order valence-corrected chi connectivity index (χ1v) is 6.28. The van der Waals surface area contributed by atoms with Crippen molar-refractivity contribution in [2.75, 3.05) is 0 Å². The minimum Gasteiger partial charge on any atom is -0.480 e. The predicted octanol–water partition coefficient (Wildman–Crippen LogP) is 1.87. The Hall–Kier alpha value is -1.26. The Kier molecular flexibility index (Phi) is 4.78. The van der Waals surface area contributed by atoms with E-state index in [4.69, 9.17) is 5.11 Å². The molecule has 5 heteroatoms. The van der Waals surface area contributed by atoms with Crippen LogP contribution in [0, 0.1) is 0 Å². The Morgan fingerprint density at radius 2 is 2.06 bits per heavy atom. The summed E-state index contributed by atoms with van der Waals surface area (Å²) in [6, 6.07) is -1.14. The van der Waals surface area contributed by atoms with Gasteiger partial charge in [-0.15, -0.1) is 0 Å². The lowest BCUT2D eigenvalue weighted by Crippen LogP contribution is -2.56. The van der Waals surface area contributed by atoms with Gasteiger partial charge in [-0.25, -0.2) is 9.59 Å². The van der Waals surface area contributed by atoms with Crippen LogP contribution in [0.3, 0.4) is 0 Å². The summed E-state index contributed by atoms with van der Waals surface area (Å²) in [4.78, 5) is 22.6. The van der Waals surface area contributed by atoms with Gasteiger partial charge in [-0.3, -0.25) is 0 Å². The molecule has 0 saturated heterocycles. The topological polar surface area (TPSA) is 78.4 Å².